The first-order valence-electron chi connectivity index (χ1n) is 6.08. The van der Waals surface area contributed by atoms with Crippen LogP contribution in [0.15, 0.2) is 18.5 Å². The SMILES string of the molecule is CC(C)CNCc1cc(C(=O)O)c2ncc(Cl)n2c1. The maximum atomic E-state index is 11.2. The highest BCUT2D eigenvalue weighted by Gasteiger charge is 2.14. The molecule has 6 heteroatoms. The number of carboxylic acids is 1. The fraction of sp³-hybridized carbons (Fsp3) is 0.385. The van der Waals surface area contributed by atoms with Gasteiger partial charge in [0.25, 0.3) is 0 Å². The molecule has 2 N–H and O–H groups in total. The molecule has 0 saturated heterocycles. The van der Waals surface area contributed by atoms with Crippen molar-refractivity contribution in [2.45, 2.75) is 20.4 Å². The number of hydrogen-bond donors (Lipinski definition) is 2. The highest BCUT2D eigenvalue weighted by molar-refractivity contribution is 6.29. The molecule has 0 aliphatic rings. The van der Waals surface area contributed by atoms with Crippen molar-refractivity contribution in [2.75, 3.05) is 6.54 Å². The van der Waals surface area contributed by atoms with E-state index < -0.39 is 5.97 Å². The first-order valence-corrected chi connectivity index (χ1v) is 6.46. The number of pyridine rings is 1. The molecule has 2 heterocycles. The maximum absolute atomic E-state index is 11.2. The summed E-state index contributed by atoms with van der Waals surface area (Å²) in [6.07, 6.45) is 3.26. The minimum Gasteiger partial charge on any atom is -0.478 e. The standard InChI is InChI=1S/C13H16ClN3O2/c1-8(2)4-15-5-9-3-10(13(18)19)12-16-6-11(14)17(12)7-9/h3,6-8,15H,4-5H2,1-2H3,(H,18,19). The lowest BCUT2D eigenvalue weighted by molar-refractivity contribution is 0.0698. The topological polar surface area (TPSA) is 66.6 Å². The number of aromatic nitrogens is 2. The summed E-state index contributed by atoms with van der Waals surface area (Å²) in [5.41, 5.74) is 1.39. The second-order valence-corrected chi connectivity index (χ2v) is 5.25. The van der Waals surface area contributed by atoms with Crippen molar-refractivity contribution in [3.8, 4) is 0 Å². The Balaban J connectivity index is 2.34. The van der Waals surface area contributed by atoms with Crippen molar-refractivity contribution in [1.82, 2.24) is 14.7 Å². The number of carboxylic acid groups (broad SMARTS) is 1. The average molecular weight is 282 g/mol. The molecule has 0 radical (unpaired) electrons. The number of hydrogen-bond acceptors (Lipinski definition) is 3. The summed E-state index contributed by atoms with van der Waals surface area (Å²) in [6.45, 7) is 5.71. The van der Waals surface area contributed by atoms with Gasteiger partial charge in [0.15, 0.2) is 5.65 Å². The van der Waals surface area contributed by atoms with Crippen molar-refractivity contribution < 1.29 is 9.90 Å². The van der Waals surface area contributed by atoms with Crippen molar-refractivity contribution in [3.63, 3.8) is 0 Å². The normalized spacial score (nSPS) is 11.4. The number of rotatable bonds is 5. The minimum atomic E-state index is -1.00. The van der Waals surface area contributed by atoms with Crippen molar-refractivity contribution >= 4 is 23.2 Å². The fourth-order valence-corrected chi connectivity index (χ4v) is 2.05. The van der Waals surface area contributed by atoms with E-state index in [-0.39, 0.29) is 5.56 Å². The van der Waals surface area contributed by atoms with Gasteiger partial charge in [-0.05, 0) is 24.1 Å². The Kier molecular flexibility index (Phi) is 4.07. The van der Waals surface area contributed by atoms with Crippen LogP contribution < -0.4 is 5.32 Å². The summed E-state index contributed by atoms with van der Waals surface area (Å²) in [7, 11) is 0. The zero-order valence-electron chi connectivity index (χ0n) is 10.9. The third-order valence-electron chi connectivity index (χ3n) is 2.73. The predicted octanol–water partition coefficient (Wildman–Crippen LogP) is 2.43. The van der Waals surface area contributed by atoms with Crippen molar-refractivity contribution in [2.24, 2.45) is 5.92 Å². The van der Waals surface area contributed by atoms with Gasteiger partial charge in [0.2, 0.25) is 0 Å². The molecular formula is C13H16ClN3O2. The Morgan fingerprint density at radius 3 is 2.95 bits per heavy atom. The summed E-state index contributed by atoms with van der Waals surface area (Å²) >= 11 is 5.99. The number of imidazole rings is 1. The lowest BCUT2D eigenvalue weighted by Crippen LogP contribution is -2.19. The van der Waals surface area contributed by atoms with Gasteiger partial charge < -0.3 is 10.4 Å². The predicted molar refractivity (Wildman–Crippen MR) is 73.7 cm³/mol. The van der Waals surface area contributed by atoms with Crippen LogP contribution in [0.5, 0.6) is 0 Å². The zero-order valence-corrected chi connectivity index (χ0v) is 11.6. The first kappa shape index (κ1) is 13.8. The van der Waals surface area contributed by atoms with Crippen molar-refractivity contribution in [1.29, 1.82) is 0 Å². The van der Waals surface area contributed by atoms with E-state index in [0.29, 0.717) is 23.3 Å². The number of halogens is 1. The van der Waals surface area contributed by atoms with Crippen LogP contribution in [0.25, 0.3) is 5.65 Å². The molecule has 5 nitrogen and oxygen atoms in total. The van der Waals surface area contributed by atoms with Crippen LogP contribution in [0, 0.1) is 5.92 Å². The van der Waals surface area contributed by atoms with E-state index >= 15 is 0 Å². The summed E-state index contributed by atoms with van der Waals surface area (Å²) < 4.78 is 1.59. The molecule has 0 aliphatic carbocycles. The Bertz CT molecular complexity index is 607. The van der Waals surface area contributed by atoms with Gasteiger partial charge in [0.05, 0.1) is 6.20 Å². The summed E-state index contributed by atoms with van der Waals surface area (Å²) in [4.78, 5) is 15.3. The van der Waals surface area contributed by atoms with E-state index in [2.05, 4.69) is 24.1 Å². The van der Waals surface area contributed by atoms with E-state index in [0.717, 1.165) is 12.1 Å². The number of nitrogens with one attached hydrogen (secondary N) is 1. The van der Waals surface area contributed by atoms with E-state index in [1.807, 2.05) is 6.20 Å². The molecule has 0 atom stereocenters. The van der Waals surface area contributed by atoms with Crippen LogP contribution >= 0.6 is 11.6 Å². The van der Waals surface area contributed by atoms with E-state index in [1.54, 1.807) is 10.5 Å². The summed E-state index contributed by atoms with van der Waals surface area (Å²) in [6, 6.07) is 1.63. The van der Waals surface area contributed by atoms with Crippen LogP contribution in [-0.4, -0.2) is 27.0 Å². The van der Waals surface area contributed by atoms with Crippen LogP contribution in [0.1, 0.15) is 29.8 Å². The lowest BCUT2D eigenvalue weighted by Gasteiger charge is -2.09. The van der Waals surface area contributed by atoms with Crippen LogP contribution in [-0.2, 0) is 6.54 Å². The summed E-state index contributed by atoms with van der Waals surface area (Å²) in [5, 5.41) is 12.9. The lowest BCUT2D eigenvalue weighted by atomic mass is 10.1. The number of carbonyl (C=O) groups is 1. The fourth-order valence-electron chi connectivity index (χ4n) is 1.87. The Labute approximate surface area is 116 Å². The third kappa shape index (κ3) is 3.05. The van der Waals surface area contributed by atoms with Gasteiger partial charge in [0.1, 0.15) is 10.7 Å². The molecular weight excluding hydrogens is 266 g/mol. The third-order valence-corrected chi connectivity index (χ3v) is 3.01. The highest BCUT2D eigenvalue weighted by Crippen LogP contribution is 2.18. The maximum Gasteiger partial charge on any atom is 0.339 e. The molecule has 2 aromatic rings. The molecule has 0 bridgehead atoms. The average Bonchev–Trinajstić information content (AvgIpc) is 2.70. The molecule has 2 rings (SSSR count). The highest BCUT2D eigenvalue weighted by atomic mass is 35.5. The van der Waals surface area contributed by atoms with E-state index in [4.69, 9.17) is 11.6 Å². The van der Waals surface area contributed by atoms with Crippen LogP contribution in [0.3, 0.4) is 0 Å². The van der Waals surface area contributed by atoms with Gasteiger partial charge in [-0.1, -0.05) is 25.4 Å². The molecule has 102 valence electrons. The van der Waals surface area contributed by atoms with Gasteiger partial charge in [-0.15, -0.1) is 0 Å². The van der Waals surface area contributed by atoms with Gasteiger partial charge in [0, 0.05) is 12.7 Å². The van der Waals surface area contributed by atoms with Crippen LogP contribution in [0.2, 0.25) is 5.15 Å². The van der Waals surface area contributed by atoms with E-state index in [9.17, 15) is 9.90 Å². The first-order chi connectivity index (χ1) is 8.99. The second-order valence-electron chi connectivity index (χ2n) is 4.87. The summed E-state index contributed by atoms with van der Waals surface area (Å²) in [5.74, 6) is -0.461. The molecule has 0 spiro atoms. The number of fused-ring (bicyclic) bond motifs is 1. The molecule has 0 aromatic carbocycles. The largest absolute Gasteiger partial charge is 0.478 e. The molecule has 0 amide bonds. The minimum absolute atomic E-state index is 0.163. The van der Waals surface area contributed by atoms with Gasteiger partial charge in [-0.3, -0.25) is 4.40 Å². The molecule has 19 heavy (non-hydrogen) atoms. The quantitative estimate of drug-likeness (QED) is 0.883. The van der Waals surface area contributed by atoms with Gasteiger partial charge >= 0.3 is 5.97 Å². The van der Waals surface area contributed by atoms with Gasteiger partial charge in [-0.2, -0.15) is 0 Å². The smallest absolute Gasteiger partial charge is 0.339 e. The Hall–Kier alpha value is -1.59. The molecule has 0 saturated carbocycles. The Morgan fingerprint density at radius 2 is 2.32 bits per heavy atom. The molecule has 0 aliphatic heterocycles. The Morgan fingerprint density at radius 1 is 1.58 bits per heavy atom. The molecule has 0 fully saturated rings. The monoisotopic (exact) mass is 281 g/mol. The molecule has 2 aromatic heterocycles. The van der Waals surface area contributed by atoms with Crippen molar-refractivity contribution in [3.05, 3.63) is 34.7 Å². The second kappa shape index (κ2) is 5.59. The number of aromatic carboxylic acids is 1. The zero-order chi connectivity index (χ0) is 14.0. The number of nitrogens with zero attached hydrogens (tertiary/aromatic N) is 2. The molecule has 0 unspecified atom stereocenters. The van der Waals surface area contributed by atoms with E-state index in [1.165, 1.54) is 6.20 Å². The van der Waals surface area contributed by atoms with Crippen LogP contribution in [0.4, 0.5) is 0 Å². The van der Waals surface area contributed by atoms with Gasteiger partial charge in [-0.25, -0.2) is 9.78 Å².